The van der Waals surface area contributed by atoms with Gasteiger partial charge in [-0.05, 0) is 37.1 Å². The molecule has 2 aromatic rings. The van der Waals surface area contributed by atoms with Crippen LogP contribution in [0.4, 0.5) is 0 Å². The van der Waals surface area contributed by atoms with E-state index in [9.17, 15) is 4.79 Å². The van der Waals surface area contributed by atoms with Crippen LogP contribution in [0.1, 0.15) is 25.0 Å². The summed E-state index contributed by atoms with van der Waals surface area (Å²) in [6, 6.07) is 17.0. The monoisotopic (exact) mass is 296 g/mol. The molecule has 2 aromatic carbocycles. The Balaban J connectivity index is 1.91. The Labute approximate surface area is 131 Å². The molecule has 0 spiro atoms. The lowest BCUT2D eigenvalue weighted by atomic mass is 9.98. The SMILES string of the molecule is C=Cc1ccc(OCC(=O)OC(C)(C)c2ccccc2)cc1. The van der Waals surface area contributed by atoms with Crippen LogP contribution in [0.3, 0.4) is 0 Å². The zero-order valence-corrected chi connectivity index (χ0v) is 12.9. The molecule has 0 atom stereocenters. The average molecular weight is 296 g/mol. The number of ether oxygens (including phenoxy) is 2. The molecule has 0 aliphatic rings. The first-order valence-electron chi connectivity index (χ1n) is 7.14. The minimum Gasteiger partial charge on any atom is -0.482 e. The molecule has 0 bridgehead atoms. The van der Waals surface area contributed by atoms with Gasteiger partial charge < -0.3 is 9.47 Å². The molecule has 22 heavy (non-hydrogen) atoms. The number of rotatable bonds is 6. The average Bonchev–Trinajstić information content (AvgIpc) is 2.54. The third-order valence-electron chi connectivity index (χ3n) is 3.31. The van der Waals surface area contributed by atoms with Crippen LogP contribution in [0.15, 0.2) is 61.2 Å². The van der Waals surface area contributed by atoms with Crippen LogP contribution in [-0.2, 0) is 15.1 Å². The van der Waals surface area contributed by atoms with E-state index in [0.717, 1.165) is 11.1 Å². The van der Waals surface area contributed by atoms with Gasteiger partial charge in [-0.15, -0.1) is 0 Å². The topological polar surface area (TPSA) is 35.5 Å². The molecular formula is C19H20O3. The standard InChI is InChI=1S/C19H20O3/c1-4-15-10-12-17(13-11-15)21-14-18(20)22-19(2,3)16-8-6-5-7-9-16/h4-13H,1,14H2,2-3H3. The van der Waals surface area contributed by atoms with E-state index in [2.05, 4.69) is 6.58 Å². The molecule has 0 aromatic heterocycles. The Hall–Kier alpha value is -2.55. The van der Waals surface area contributed by atoms with Crippen LogP contribution in [0, 0.1) is 0 Å². The molecule has 114 valence electrons. The highest BCUT2D eigenvalue weighted by Gasteiger charge is 2.25. The molecule has 2 rings (SSSR count). The molecule has 0 saturated heterocycles. The molecular weight excluding hydrogens is 276 g/mol. The van der Waals surface area contributed by atoms with E-state index in [-0.39, 0.29) is 6.61 Å². The largest absolute Gasteiger partial charge is 0.482 e. The van der Waals surface area contributed by atoms with Gasteiger partial charge in [0.25, 0.3) is 0 Å². The minimum atomic E-state index is -0.686. The van der Waals surface area contributed by atoms with Crippen LogP contribution in [-0.4, -0.2) is 12.6 Å². The van der Waals surface area contributed by atoms with Gasteiger partial charge in [-0.1, -0.05) is 55.1 Å². The van der Waals surface area contributed by atoms with Gasteiger partial charge in [0.1, 0.15) is 11.4 Å². The van der Waals surface area contributed by atoms with Crippen molar-refractivity contribution >= 4 is 12.0 Å². The van der Waals surface area contributed by atoms with Crippen molar-refractivity contribution in [3.05, 3.63) is 72.3 Å². The fourth-order valence-corrected chi connectivity index (χ4v) is 2.05. The van der Waals surface area contributed by atoms with E-state index in [1.54, 1.807) is 18.2 Å². The quantitative estimate of drug-likeness (QED) is 0.750. The number of benzene rings is 2. The lowest BCUT2D eigenvalue weighted by Crippen LogP contribution is -2.28. The molecule has 0 aliphatic heterocycles. The van der Waals surface area contributed by atoms with E-state index in [0.29, 0.717) is 5.75 Å². The maximum absolute atomic E-state index is 12.0. The summed E-state index contributed by atoms with van der Waals surface area (Å²) in [6.45, 7) is 7.29. The van der Waals surface area contributed by atoms with Gasteiger partial charge in [0, 0.05) is 0 Å². The second-order valence-corrected chi connectivity index (χ2v) is 5.41. The van der Waals surface area contributed by atoms with E-state index >= 15 is 0 Å². The first kappa shape index (κ1) is 15.8. The summed E-state index contributed by atoms with van der Waals surface area (Å²) in [4.78, 5) is 12.0. The Morgan fingerprint density at radius 2 is 1.73 bits per heavy atom. The van der Waals surface area contributed by atoms with Gasteiger partial charge in [0.15, 0.2) is 6.61 Å². The van der Waals surface area contributed by atoms with E-state index < -0.39 is 11.6 Å². The fraction of sp³-hybridized carbons (Fsp3) is 0.211. The van der Waals surface area contributed by atoms with Gasteiger partial charge >= 0.3 is 5.97 Å². The summed E-state index contributed by atoms with van der Waals surface area (Å²) in [6.07, 6.45) is 1.75. The zero-order valence-electron chi connectivity index (χ0n) is 12.9. The van der Waals surface area contributed by atoms with Crippen LogP contribution < -0.4 is 4.74 Å². The summed E-state index contributed by atoms with van der Waals surface area (Å²) < 4.78 is 11.0. The van der Waals surface area contributed by atoms with Gasteiger partial charge in [-0.2, -0.15) is 0 Å². The minimum absolute atomic E-state index is 0.121. The summed E-state index contributed by atoms with van der Waals surface area (Å²) in [5, 5.41) is 0. The number of carbonyl (C=O) groups excluding carboxylic acids is 1. The molecule has 0 radical (unpaired) electrons. The van der Waals surface area contributed by atoms with Crippen LogP contribution in [0.5, 0.6) is 5.75 Å². The second-order valence-electron chi connectivity index (χ2n) is 5.41. The molecule has 0 heterocycles. The van der Waals surface area contributed by atoms with Crippen molar-refractivity contribution in [2.24, 2.45) is 0 Å². The third kappa shape index (κ3) is 4.22. The smallest absolute Gasteiger partial charge is 0.345 e. The first-order chi connectivity index (χ1) is 10.5. The van der Waals surface area contributed by atoms with Crippen molar-refractivity contribution in [1.29, 1.82) is 0 Å². The van der Waals surface area contributed by atoms with Crippen molar-refractivity contribution in [3.63, 3.8) is 0 Å². The van der Waals surface area contributed by atoms with Gasteiger partial charge in [-0.25, -0.2) is 4.79 Å². The lowest BCUT2D eigenvalue weighted by Gasteiger charge is -2.25. The van der Waals surface area contributed by atoms with Crippen molar-refractivity contribution in [2.45, 2.75) is 19.4 Å². The van der Waals surface area contributed by atoms with Gasteiger partial charge in [0.2, 0.25) is 0 Å². The summed E-state index contributed by atoms with van der Waals surface area (Å²) in [5.41, 5.74) is 1.26. The van der Waals surface area contributed by atoms with Crippen molar-refractivity contribution in [2.75, 3.05) is 6.61 Å². The fourth-order valence-electron chi connectivity index (χ4n) is 2.05. The maximum atomic E-state index is 12.0. The van der Waals surface area contributed by atoms with Crippen molar-refractivity contribution < 1.29 is 14.3 Å². The van der Waals surface area contributed by atoms with Crippen molar-refractivity contribution in [3.8, 4) is 5.75 Å². The summed E-state index contributed by atoms with van der Waals surface area (Å²) in [5.74, 6) is 0.224. The Bertz CT molecular complexity index is 627. The third-order valence-corrected chi connectivity index (χ3v) is 3.31. The van der Waals surface area contributed by atoms with Gasteiger partial charge in [0.05, 0.1) is 0 Å². The molecule has 3 heteroatoms. The number of carbonyl (C=O) groups is 1. The highest BCUT2D eigenvalue weighted by Crippen LogP contribution is 2.24. The Kier molecular flexibility index (Phi) is 4.99. The normalized spacial score (nSPS) is 10.8. The predicted octanol–water partition coefficient (Wildman–Crippen LogP) is 4.19. The molecule has 3 nitrogen and oxygen atoms in total. The van der Waals surface area contributed by atoms with Crippen molar-refractivity contribution in [1.82, 2.24) is 0 Å². The molecule has 0 N–H and O–H groups in total. The van der Waals surface area contributed by atoms with E-state index in [1.807, 2.05) is 56.3 Å². The Morgan fingerprint density at radius 3 is 2.32 bits per heavy atom. The summed E-state index contributed by atoms with van der Waals surface area (Å²) >= 11 is 0. The molecule has 0 fully saturated rings. The molecule has 0 saturated carbocycles. The molecule has 0 amide bonds. The van der Waals surface area contributed by atoms with Crippen LogP contribution in [0.2, 0.25) is 0 Å². The second kappa shape index (κ2) is 6.94. The van der Waals surface area contributed by atoms with E-state index in [4.69, 9.17) is 9.47 Å². The number of hydrogen-bond acceptors (Lipinski definition) is 3. The number of esters is 1. The maximum Gasteiger partial charge on any atom is 0.345 e. The lowest BCUT2D eigenvalue weighted by molar-refractivity contribution is -0.159. The Morgan fingerprint density at radius 1 is 1.09 bits per heavy atom. The highest BCUT2D eigenvalue weighted by molar-refractivity contribution is 5.71. The zero-order chi connectivity index (χ0) is 16.0. The molecule has 0 aliphatic carbocycles. The number of hydrogen-bond donors (Lipinski definition) is 0. The first-order valence-corrected chi connectivity index (χ1v) is 7.14. The van der Waals surface area contributed by atoms with Gasteiger partial charge in [-0.3, -0.25) is 0 Å². The molecule has 0 unspecified atom stereocenters. The van der Waals surface area contributed by atoms with Crippen LogP contribution in [0.25, 0.3) is 6.08 Å². The highest BCUT2D eigenvalue weighted by atomic mass is 16.6. The summed E-state index contributed by atoms with van der Waals surface area (Å²) in [7, 11) is 0. The predicted molar refractivity (Wildman–Crippen MR) is 87.6 cm³/mol. The van der Waals surface area contributed by atoms with E-state index in [1.165, 1.54) is 0 Å². The van der Waals surface area contributed by atoms with Crippen LogP contribution >= 0.6 is 0 Å².